The number of fused-ring (bicyclic) bond motifs is 1. The monoisotopic (exact) mass is 477 g/mol. The maximum atomic E-state index is 12.7. The summed E-state index contributed by atoms with van der Waals surface area (Å²) in [6, 6.07) is 4.56. The Morgan fingerprint density at radius 1 is 1.18 bits per heavy atom. The van der Waals surface area contributed by atoms with Gasteiger partial charge in [-0.05, 0) is 31.4 Å². The van der Waals surface area contributed by atoms with E-state index in [0.29, 0.717) is 23.8 Å². The molecule has 5 N–H and O–H groups in total. The van der Waals surface area contributed by atoms with Crippen molar-refractivity contribution in [3.8, 4) is 0 Å². The molecule has 0 saturated carbocycles. The molecule has 0 aliphatic heterocycles. The standard InChI is InChI=1S/C22H35N7O5/c1-21(2,3)13-33-12-15(25-19(31)22(4,5)24)18-27-26-17-9-7-8-14(29(17)18)11-34-20(32)28(6)10-16(23)30/h7-9,15H,10-13,24H2,1-6H3,(H2,23,30)(H,25,31)/t15-/m1/s1. The summed E-state index contributed by atoms with van der Waals surface area (Å²) in [5.74, 6) is -0.636. The molecule has 34 heavy (non-hydrogen) atoms. The fraction of sp³-hybridized carbons (Fsp3) is 0.591. The van der Waals surface area contributed by atoms with Crippen molar-refractivity contribution in [2.45, 2.75) is 52.8 Å². The molecular formula is C22H35N7O5. The average molecular weight is 478 g/mol. The number of nitrogens with one attached hydrogen (secondary N) is 1. The maximum absolute atomic E-state index is 12.7. The average Bonchev–Trinajstić information content (AvgIpc) is 3.13. The summed E-state index contributed by atoms with van der Waals surface area (Å²) >= 11 is 0. The molecule has 12 heteroatoms. The van der Waals surface area contributed by atoms with Crippen LogP contribution < -0.4 is 16.8 Å². The highest BCUT2D eigenvalue weighted by molar-refractivity contribution is 5.85. The van der Waals surface area contributed by atoms with Gasteiger partial charge in [0.1, 0.15) is 19.2 Å². The minimum absolute atomic E-state index is 0.0785. The van der Waals surface area contributed by atoms with Crippen LogP contribution >= 0.6 is 0 Å². The molecule has 1 atom stereocenters. The number of likely N-dealkylation sites (N-methyl/N-ethyl adjacent to an activating group) is 1. The van der Waals surface area contributed by atoms with Crippen LogP contribution in [0, 0.1) is 5.41 Å². The van der Waals surface area contributed by atoms with Gasteiger partial charge < -0.3 is 31.2 Å². The van der Waals surface area contributed by atoms with E-state index in [2.05, 4.69) is 15.5 Å². The molecule has 12 nitrogen and oxygen atoms in total. The summed E-state index contributed by atoms with van der Waals surface area (Å²) in [4.78, 5) is 37.0. The fourth-order valence-electron chi connectivity index (χ4n) is 2.92. The van der Waals surface area contributed by atoms with Gasteiger partial charge in [0, 0.05) is 7.05 Å². The zero-order valence-electron chi connectivity index (χ0n) is 20.6. The van der Waals surface area contributed by atoms with Gasteiger partial charge in [-0.2, -0.15) is 0 Å². The molecule has 0 bridgehead atoms. The van der Waals surface area contributed by atoms with Gasteiger partial charge in [0.15, 0.2) is 11.5 Å². The first kappa shape index (κ1) is 27.0. The van der Waals surface area contributed by atoms with E-state index >= 15 is 0 Å². The summed E-state index contributed by atoms with van der Waals surface area (Å²) in [6.07, 6.45) is -0.714. The number of amides is 3. The molecule has 2 heterocycles. The SMILES string of the molecule is CN(CC(N)=O)C(=O)OCc1cccc2nnc([C@@H](COCC(C)(C)C)NC(=O)C(C)(C)N)n12. The Kier molecular flexibility index (Phi) is 8.56. The van der Waals surface area contributed by atoms with Gasteiger partial charge >= 0.3 is 6.09 Å². The zero-order chi connectivity index (χ0) is 25.7. The molecule has 0 spiro atoms. The van der Waals surface area contributed by atoms with Crippen LogP contribution in [-0.4, -0.2) is 69.8 Å². The van der Waals surface area contributed by atoms with Gasteiger partial charge in [0.25, 0.3) is 0 Å². The predicted molar refractivity (Wildman–Crippen MR) is 124 cm³/mol. The molecule has 0 radical (unpaired) electrons. The number of aromatic nitrogens is 3. The van der Waals surface area contributed by atoms with Crippen molar-refractivity contribution in [3.05, 3.63) is 29.7 Å². The minimum atomic E-state index is -1.12. The lowest BCUT2D eigenvalue weighted by molar-refractivity contribution is -0.126. The molecule has 2 aromatic rings. The molecule has 0 saturated heterocycles. The third kappa shape index (κ3) is 7.66. The second-order valence-corrected chi connectivity index (χ2v) is 9.97. The second kappa shape index (κ2) is 10.8. The number of hydrogen-bond donors (Lipinski definition) is 3. The Bertz CT molecular complexity index is 1020. The normalized spacial score (nSPS) is 12.9. The van der Waals surface area contributed by atoms with E-state index in [9.17, 15) is 14.4 Å². The Labute approximate surface area is 198 Å². The van der Waals surface area contributed by atoms with Crippen molar-refractivity contribution in [2.24, 2.45) is 16.9 Å². The van der Waals surface area contributed by atoms with Crippen LogP contribution in [0.25, 0.3) is 5.65 Å². The highest BCUT2D eigenvalue weighted by atomic mass is 16.6. The minimum Gasteiger partial charge on any atom is -0.443 e. The van der Waals surface area contributed by atoms with E-state index < -0.39 is 23.6 Å². The van der Waals surface area contributed by atoms with Gasteiger partial charge in [-0.3, -0.25) is 14.0 Å². The van der Waals surface area contributed by atoms with E-state index in [1.54, 1.807) is 36.4 Å². The molecule has 3 amide bonds. The molecular weight excluding hydrogens is 442 g/mol. The Morgan fingerprint density at radius 2 is 1.85 bits per heavy atom. The summed E-state index contributed by atoms with van der Waals surface area (Å²) in [5, 5.41) is 11.4. The smallest absolute Gasteiger partial charge is 0.410 e. The Morgan fingerprint density at radius 3 is 2.44 bits per heavy atom. The molecule has 0 unspecified atom stereocenters. The molecule has 2 rings (SSSR count). The van der Waals surface area contributed by atoms with Crippen molar-refractivity contribution >= 4 is 23.6 Å². The van der Waals surface area contributed by atoms with Crippen LogP contribution in [0.1, 0.15) is 52.2 Å². The second-order valence-electron chi connectivity index (χ2n) is 9.97. The van der Waals surface area contributed by atoms with Crippen molar-refractivity contribution < 1.29 is 23.9 Å². The molecule has 0 aliphatic carbocycles. The van der Waals surface area contributed by atoms with Crippen molar-refractivity contribution in [3.63, 3.8) is 0 Å². The third-order valence-electron chi connectivity index (χ3n) is 4.60. The first-order chi connectivity index (χ1) is 15.7. The molecule has 188 valence electrons. The number of ether oxygens (including phenoxy) is 2. The van der Waals surface area contributed by atoms with Crippen molar-refractivity contribution in [1.82, 2.24) is 24.8 Å². The summed E-state index contributed by atoms with van der Waals surface area (Å²) in [6.45, 7) is 9.52. The van der Waals surface area contributed by atoms with E-state index in [0.717, 1.165) is 4.90 Å². The molecule has 0 aliphatic rings. The topological polar surface area (TPSA) is 167 Å². The first-order valence-corrected chi connectivity index (χ1v) is 10.9. The quantitative estimate of drug-likeness (QED) is 0.450. The van der Waals surface area contributed by atoms with Gasteiger partial charge in [-0.25, -0.2) is 4.79 Å². The predicted octanol–water partition coefficient (Wildman–Crippen LogP) is 0.740. The van der Waals surface area contributed by atoms with Crippen LogP contribution in [0.5, 0.6) is 0 Å². The van der Waals surface area contributed by atoms with Crippen LogP contribution in [0.4, 0.5) is 4.79 Å². The van der Waals surface area contributed by atoms with Gasteiger partial charge in [0.05, 0.1) is 24.4 Å². The number of primary amides is 1. The highest BCUT2D eigenvalue weighted by Crippen LogP contribution is 2.20. The Hall–Kier alpha value is -3.25. The van der Waals surface area contributed by atoms with Crippen LogP contribution in [0.15, 0.2) is 18.2 Å². The van der Waals surface area contributed by atoms with Crippen molar-refractivity contribution in [2.75, 3.05) is 26.8 Å². The summed E-state index contributed by atoms with van der Waals surface area (Å²) in [5.41, 5.74) is 11.0. The van der Waals surface area contributed by atoms with Crippen molar-refractivity contribution in [1.29, 1.82) is 0 Å². The number of carbonyl (C=O) groups is 3. The summed E-state index contributed by atoms with van der Waals surface area (Å²) < 4.78 is 12.9. The number of pyridine rings is 1. The van der Waals surface area contributed by atoms with E-state index in [-0.39, 0.29) is 31.1 Å². The largest absolute Gasteiger partial charge is 0.443 e. The van der Waals surface area contributed by atoms with E-state index in [4.69, 9.17) is 20.9 Å². The fourth-order valence-corrected chi connectivity index (χ4v) is 2.92. The Balaban J connectivity index is 2.33. The number of rotatable bonds is 10. The summed E-state index contributed by atoms with van der Waals surface area (Å²) in [7, 11) is 1.41. The van der Waals surface area contributed by atoms with E-state index in [1.807, 2.05) is 20.8 Å². The van der Waals surface area contributed by atoms with Crippen LogP contribution in [0.3, 0.4) is 0 Å². The van der Waals surface area contributed by atoms with E-state index in [1.165, 1.54) is 7.05 Å². The van der Waals surface area contributed by atoms with Gasteiger partial charge in [-0.15, -0.1) is 10.2 Å². The molecule has 0 aromatic carbocycles. The van der Waals surface area contributed by atoms with Crippen LogP contribution in [-0.2, 0) is 25.7 Å². The lowest BCUT2D eigenvalue weighted by Gasteiger charge is -2.25. The van der Waals surface area contributed by atoms with Gasteiger partial charge in [0.2, 0.25) is 11.8 Å². The third-order valence-corrected chi connectivity index (χ3v) is 4.60. The van der Waals surface area contributed by atoms with Gasteiger partial charge in [-0.1, -0.05) is 26.8 Å². The highest BCUT2D eigenvalue weighted by Gasteiger charge is 2.29. The van der Waals surface area contributed by atoms with Crippen LogP contribution in [0.2, 0.25) is 0 Å². The number of nitrogens with zero attached hydrogens (tertiary/aromatic N) is 4. The zero-order valence-corrected chi connectivity index (χ0v) is 20.6. The maximum Gasteiger partial charge on any atom is 0.410 e. The number of nitrogens with two attached hydrogens (primary N) is 2. The number of carbonyl (C=O) groups excluding carboxylic acids is 3. The lowest BCUT2D eigenvalue weighted by atomic mass is 9.99. The molecule has 0 fully saturated rings. The number of hydrogen-bond acceptors (Lipinski definition) is 8. The molecule has 2 aromatic heterocycles. The first-order valence-electron chi connectivity index (χ1n) is 10.9. The lowest BCUT2D eigenvalue weighted by Crippen LogP contribution is -2.51.